The molecule has 1 nitrogen and oxygen atoms in total. The zero-order valence-corrected chi connectivity index (χ0v) is 15.6. The zero-order chi connectivity index (χ0) is 15.7. The molecule has 1 aromatic carbocycles. The Morgan fingerprint density at radius 2 is 1.35 bits per heavy atom. The van der Waals surface area contributed by atoms with Crippen molar-refractivity contribution in [2.45, 2.75) is 82.1 Å². The SMILES string of the molecule is c1ccc(CNCCP(C2CCCCC2)C2CCCCC2)cc1. The second-order valence-electron chi connectivity index (χ2n) is 7.48. The molecule has 0 unspecified atom stereocenters. The van der Waals surface area contributed by atoms with Crippen molar-refractivity contribution in [1.29, 1.82) is 0 Å². The van der Waals surface area contributed by atoms with Gasteiger partial charge in [-0.05, 0) is 55.3 Å². The molecular formula is C21H34NP. The number of hydrogen-bond acceptors (Lipinski definition) is 1. The smallest absolute Gasteiger partial charge is 0.0205 e. The van der Waals surface area contributed by atoms with Gasteiger partial charge >= 0.3 is 0 Å². The maximum Gasteiger partial charge on any atom is 0.0205 e. The topological polar surface area (TPSA) is 12.0 Å². The molecule has 0 radical (unpaired) electrons. The lowest BCUT2D eigenvalue weighted by Gasteiger charge is -2.38. The third-order valence-electron chi connectivity index (χ3n) is 5.81. The first-order chi connectivity index (χ1) is 11.4. The molecule has 128 valence electrons. The van der Waals surface area contributed by atoms with Gasteiger partial charge in [0, 0.05) is 6.54 Å². The lowest BCUT2D eigenvalue weighted by Crippen LogP contribution is -2.26. The van der Waals surface area contributed by atoms with Gasteiger partial charge in [-0.2, -0.15) is 0 Å². The summed E-state index contributed by atoms with van der Waals surface area (Å²) in [6, 6.07) is 10.9. The van der Waals surface area contributed by atoms with Crippen LogP contribution in [0.1, 0.15) is 69.8 Å². The van der Waals surface area contributed by atoms with E-state index in [9.17, 15) is 0 Å². The predicted octanol–water partition coefficient (Wildman–Crippen LogP) is 5.92. The largest absolute Gasteiger partial charge is 0.312 e. The monoisotopic (exact) mass is 331 g/mol. The minimum absolute atomic E-state index is 0.260. The van der Waals surface area contributed by atoms with Crippen molar-refractivity contribution in [3.8, 4) is 0 Å². The van der Waals surface area contributed by atoms with E-state index in [4.69, 9.17) is 0 Å². The highest BCUT2D eigenvalue weighted by atomic mass is 31.1. The van der Waals surface area contributed by atoms with Crippen LogP contribution in [-0.4, -0.2) is 24.0 Å². The van der Waals surface area contributed by atoms with E-state index < -0.39 is 0 Å². The molecule has 2 aliphatic carbocycles. The van der Waals surface area contributed by atoms with E-state index in [1.807, 2.05) is 0 Å². The summed E-state index contributed by atoms with van der Waals surface area (Å²) < 4.78 is 0. The van der Waals surface area contributed by atoms with Crippen molar-refractivity contribution >= 4 is 7.92 Å². The molecule has 0 bridgehead atoms. The molecule has 3 rings (SSSR count). The Hall–Kier alpha value is -0.390. The van der Waals surface area contributed by atoms with Gasteiger partial charge in [0.1, 0.15) is 0 Å². The molecule has 0 aromatic heterocycles. The van der Waals surface area contributed by atoms with E-state index in [1.165, 1.54) is 56.8 Å². The molecule has 0 aliphatic heterocycles. The summed E-state index contributed by atoms with van der Waals surface area (Å²) in [5, 5.41) is 3.73. The zero-order valence-electron chi connectivity index (χ0n) is 14.7. The van der Waals surface area contributed by atoms with Crippen molar-refractivity contribution < 1.29 is 0 Å². The molecule has 1 aromatic rings. The van der Waals surface area contributed by atoms with Crippen LogP contribution < -0.4 is 5.32 Å². The minimum Gasteiger partial charge on any atom is -0.312 e. The van der Waals surface area contributed by atoms with Crippen LogP contribution >= 0.6 is 7.92 Å². The summed E-state index contributed by atoms with van der Waals surface area (Å²) in [5.74, 6) is 0. The molecule has 0 heterocycles. The minimum atomic E-state index is 0.260. The van der Waals surface area contributed by atoms with Crippen molar-refractivity contribution in [3.63, 3.8) is 0 Å². The van der Waals surface area contributed by atoms with E-state index in [2.05, 4.69) is 35.6 Å². The van der Waals surface area contributed by atoms with Crippen LogP contribution in [0.3, 0.4) is 0 Å². The number of benzene rings is 1. The average molecular weight is 331 g/mol. The quantitative estimate of drug-likeness (QED) is 0.483. The highest BCUT2D eigenvalue weighted by molar-refractivity contribution is 7.59. The summed E-state index contributed by atoms with van der Waals surface area (Å²) in [5.41, 5.74) is 3.62. The van der Waals surface area contributed by atoms with Gasteiger partial charge in [0.05, 0.1) is 0 Å². The van der Waals surface area contributed by atoms with Crippen LogP contribution in [0, 0.1) is 0 Å². The fraction of sp³-hybridized carbons (Fsp3) is 0.714. The van der Waals surface area contributed by atoms with Gasteiger partial charge in [0.25, 0.3) is 0 Å². The Balaban J connectivity index is 1.48. The Kier molecular flexibility index (Phi) is 7.43. The van der Waals surface area contributed by atoms with Gasteiger partial charge in [0.15, 0.2) is 0 Å². The Morgan fingerprint density at radius 3 is 1.91 bits per heavy atom. The molecule has 0 atom stereocenters. The number of rotatable bonds is 7. The van der Waals surface area contributed by atoms with Crippen LogP contribution in [0.5, 0.6) is 0 Å². The second-order valence-corrected chi connectivity index (χ2v) is 10.4. The molecule has 2 fully saturated rings. The van der Waals surface area contributed by atoms with Crippen LogP contribution in [0.4, 0.5) is 0 Å². The first kappa shape index (κ1) is 17.4. The van der Waals surface area contributed by atoms with Gasteiger partial charge in [-0.15, -0.1) is 0 Å². The fourth-order valence-corrected chi connectivity index (χ4v) is 8.33. The normalized spacial score (nSPS) is 20.9. The highest BCUT2D eigenvalue weighted by Gasteiger charge is 2.30. The maximum atomic E-state index is 3.73. The van der Waals surface area contributed by atoms with Crippen molar-refractivity contribution in [1.82, 2.24) is 5.32 Å². The van der Waals surface area contributed by atoms with E-state index in [1.54, 1.807) is 25.7 Å². The summed E-state index contributed by atoms with van der Waals surface area (Å²) in [7, 11) is 0.260. The molecule has 2 heteroatoms. The molecule has 23 heavy (non-hydrogen) atoms. The highest BCUT2D eigenvalue weighted by Crippen LogP contribution is 2.55. The standard InChI is InChI=1S/C21H34NP/c1-4-10-19(11-5-1)18-22-16-17-23(20-12-6-2-7-13-20)21-14-8-3-9-15-21/h1,4-5,10-11,20-22H,2-3,6-9,12-18H2. The molecule has 0 saturated heterocycles. The summed E-state index contributed by atoms with van der Waals surface area (Å²) in [6.45, 7) is 2.27. The maximum absolute atomic E-state index is 3.73. The Labute approximate surface area is 144 Å². The number of hydrogen-bond donors (Lipinski definition) is 1. The summed E-state index contributed by atoms with van der Waals surface area (Å²) in [4.78, 5) is 0. The van der Waals surface area contributed by atoms with Gasteiger partial charge < -0.3 is 5.32 Å². The van der Waals surface area contributed by atoms with E-state index in [-0.39, 0.29) is 7.92 Å². The number of nitrogens with one attached hydrogen (secondary N) is 1. The molecule has 1 N–H and O–H groups in total. The van der Waals surface area contributed by atoms with Crippen molar-refractivity contribution in [2.24, 2.45) is 0 Å². The third-order valence-corrected chi connectivity index (χ3v) is 9.46. The van der Waals surface area contributed by atoms with Gasteiger partial charge in [-0.25, -0.2) is 0 Å². The first-order valence-corrected chi connectivity index (χ1v) is 11.6. The molecule has 0 spiro atoms. The van der Waals surface area contributed by atoms with Crippen LogP contribution in [0.2, 0.25) is 0 Å². The molecule has 2 saturated carbocycles. The van der Waals surface area contributed by atoms with Crippen molar-refractivity contribution in [3.05, 3.63) is 35.9 Å². The molecule has 0 amide bonds. The third kappa shape index (κ3) is 5.57. The van der Waals surface area contributed by atoms with E-state index in [0.717, 1.165) is 17.9 Å². The van der Waals surface area contributed by atoms with Crippen molar-refractivity contribution in [2.75, 3.05) is 12.7 Å². The fourth-order valence-electron chi connectivity index (χ4n) is 4.53. The lowest BCUT2D eigenvalue weighted by molar-refractivity contribution is 0.483. The molecular weight excluding hydrogens is 297 g/mol. The average Bonchev–Trinajstić information content (AvgIpc) is 2.64. The van der Waals surface area contributed by atoms with E-state index in [0.29, 0.717) is 0 Å². The predicted molar refractivity (Wildman–Crippen MR) is 104 cm³/mol. The Bertz CT molecular complexity index is 403. The van der Waals surface area contributed by atoms with Gasteiger partial charge in [0.2, 0.25) is 0 Å². The van der Waals surface area contributed by atoms with Crippen LogP contribution in [-0.2, 0) is 6.54 Å². The van der Waals surface area contributed by atoms with Gasteiger partial charge in [-0.3, -0.25) is 0 Å². The van der Waals surface area contributed by atoms with Gasteiger partial charge in [-0.1, -0.05) is 76.8 Å². The van der Waals surface area contributed by atoms with Crippen LogP contribution in [0.25, 0.3) is 0 Å². The Morgan fingerprint density at radius 1 is 0.783 bits per heavy atom. The molecule has 2 aliphatic rings. The summed E-state index contributed by atoms with van der Waals surface area (Å²) in [6.07, 6.45) is 16.7. The van der Waals surface area contributed by atoms with Crippen LogP contribution in [0.15, 0.2) is 30.3 Å². The second kappa shape index (κ2) is 9.80. The summed E-state index contributed by atoms with van der Waals surface area (Å²) >= 11 is 0. The lowest BCUT2D eigenvalue weighted by atomic mass is 9.99. The first-order valence-electron chi connectivity index (χ1n) is 9.94. The van der Waals surface area contributed by atoms with E-state index >= 15 is 0 Å².